The lowest BCUT2D eigenvalue weighted by Gasteiger charge is -2.37. The van der Waals surface area contributed by atoms with E-state index in [1.54, 1.807) is 20.8 Å². The summed E-state index contributed by atoms with van der Waals surface area (Å²) in [7, 11) is 0. The summed E-state index contributed by atoms with van der Waals surface area (Å²) in [4.78, 5) is 38.6. The quantitative estimate of drug-likeness (QED) is 0.664. The summed E-state index contributed by atoms with van der Waals surface area (Å²) < 4.78 is 5.61. The monoisotopic (exact) mass is 450 g/mol. The summed E-state index contributed by atoms with van der Waals surface area (Å²) in [5, 5.41) is 12.0. The van der Waals surface area contributed by atoms with Gasteiger partial charge in [0.15, 0.2) is 0 Å². The highest BCUT2D eigenvalue weighted by molar-refractivity contribution is 5.89. The van der Waals surface area contributed by atoms with Gasteiger partial charge in [-0.15, -0.1) is 0 Å². The second-order valence-electron chi connectivity index (χ2n) is 9.77. The van der Waals surface area contributed by atoms with E-state index in [1.807, 2.05) is 36.4 Å². The topological polar surface area (TPSA) is 95.9 Å². The van der Waals surface area contributed by atoms with E-state index >= 15 is 0 Å². The number of aliphatic carboxylic acids is 1. The number of fused-ring (bicyclic) bond motifs is 3. The highest BCUT2D eigenvalue weighted by atomic mass is 16.5. The molecule has 7 heteroatoms. The first kappa shape index (κ1) is 22.8. The second-order valence-corrected chi connectivity index (χ2v) is 9.77. The number of carboxylic acids is 1. The number of hydrogen-bond acceptors (Lipinski definition) is 4. The van der Waals surface area contributed by atoms with Gasteiger partial charge in [-0.25, -0.2) is 4.79 Å². The van der Waals surface area contributed by atoms with Crippen molar-refractivity contribution in [3.05, 3.63) is 59.7 Å². The van der Waals surface area contributed by atoms with Crippen molar-refractivity contribution in [2.75, 3.05) is 13.2 Å². The van der Waals surface area contributed by atoms with Gasteiger partial charge in [0.25, 0.3) is 0 Å². The molecule has 1 unspecified atom stereocenters. The first-order valence-corrected chi connectivity index (χ1v) is 11.3. The summed E-state index contributed by atoms with van der Waals surface area (Å²) in [6.07, 6.45) is 0.960. The molecule has 0 spiro atoms. The lowest BCUT2D eigenvalue weighted by atomic mass is 9.98. The zero-order valence-electron chi connectivity index (χ0n) is 19.2. The summed E-state index contributed by atoms with van der Waals surface area (Å²) in [5.41, 5.74) is 3.82. The Morgan fingerprint density at radius 2 is 1.58 bits per heavy atom. The van der Waals surface area contributed by atoms with Crippen LogP contribution in [0.2, 0.25) is 0 Å². The van der Waals surface area contributed by atoms with Crippen LogP contribution in [0, 0.1) is 5.92 Å². The van der Waals surface area contributed by atoms with E-state index in [2.05, 4.69) is 17.4 Å². The summed E-state index contributed by atoms with van der Waals surface area (Å²) in [5.74, 6) is -1.55. The van der Waals surface area contributed by atoms with Crippen LogP contribution in [0.1, 0.15) is 50.7 Å². The Bertz CT molecular complexity index is 1020. The zero-order valence-corrected chi connectivity index (χ0v) is 19.2. The van der Waals surface area contributed by atoms with Gasteiger partial charge < -0.3 is 20.1 Å². The van der Waals surface area contributed by atoms with Crippen molar-refractivity contribution in [1.82, 2.24) is 10.2 Å². The van der Waals surface area contributed by atoms with Crippen LogP contribution < -0.4 is 5.32 Å². The number of hydrogen-bond donors (Lipinski definition) is 2. The van der Waals surface area contributed by atoms with Crippen molar-refractivity contribution >= 4 is 18.0 Å². The van der Waals surface area contributed by atoms with Crippen LogP contribution in [0.3, 0.4) is 0 Å². The molecule has 2 aliphatic rings. The standard InChI is InChI=1S/C26H30N2O5/c1-26(2,3)28(14-22(29)30)24(31)23(16-12-13-16)27-25(32)33-15-21-19-10-6-4-8-17(19)18-9-5-7-11-20(18)21/h4-11,16,21,23H,12-15H2,1-3H3,(H,27,32)(H,29,30). The molecule has 7 nitrogen and oxygen atoms in total. The number of nitrogens with zero attached hydrogens (tertiary/aromatic N) is 1. The maximum atomic E-state index is 13.2. The third-order valence-electron chi connectivity index (χ3n) is 6.35. The van der Waals surface area contributed by atoms with E-state index in [4.69, 9.17) is 4.74 Å². The minimum Gasteiger partial charge on any atom is -0.480 e. The summed E-state index contributed by atoms with van der Waals surface area (Å²) >= 11 is 0. The Labute approximate surface area is 193 Å². The molecule has 2 aliphatic carbocycles. The molecule has 0 saturated heterocycles. The number of carboxylic acid groups (broad SMARTS) is 1. The van der Waals surface area contributed by atoms with E-state index in [1.165, 1.54) is 4.90 Å². The van der Waals surface area contributed by atoms with E-state index in [0.29, 0.717) is 0 Å². The third kappa shape index (κ3) is 4.87. The number of ether oxygens (including phenoxy) is 1. The van der Waals surface area contributed by atoms with Gasteiger partial charge in [0.2, 0.25) is 5.91 Å². The molecule has 1 saturated carbocycles. The van der Waals surface area contributed by atoms with Crippen molar-refractivity contribution < 1.29 is 24.2 Å². The SMILES string of the molecule is CC(C)(C)N(CC(=O)O)C(=O)C(NC(=O)OCC1c2ccccc2-c2ccccc21)C1CC1. The maximum Gasteiger partial charge on any atom is 0.407 e. The number of rotatable bonds is 7. The molecule has 4 rings (SSSR count). The maximum absolute atomic E-state index is 13.2. The highest BCUT2D eigenvalue weighted by Crippen LogP contribution is 2.44. The molecule has 0 radical (unpaired) electrons. The summed E-state index contributed by atoms with van der Waals surface area (Å²) in [6.45, 7) is 5.09. The lowest BCUT2D eigenvalue weighted by Crippen LogP contribution is -2.56. The molecule has 2 aromatic rings. The second kappa shape index (κ2) is 8.89. The Morgan fingerprint density at radius 3 is 2.06 bits per heavy atom. The molecule has 2 N–H and O–H groups in total. The number of carbonyl (C=O) groups is 3. The Hall–Kier alpha value is -3.35. The van der Waals surface area contributed by atoms with Gasteiger partial charge in [-0.2, -0.15) is 0 Å². The van der Waals surface area contributed by atoms with Crippen molar-refractivity contribution in [1.29, 1.82) is 0 Å². The molecule has 33 heavy (non-hydrogen) atoms. The van der Waals surface area contributed by atoms with Crippen LogP contribution in [0.15, 0.2) is 48.5 Å². The molecule has 0 aromatic heterocycles. The minimum absolute atomic E-state index is 0.00312. The number of carbonyl (C=O) groups excluding carboxylic acids is 2. The Kier molecular flexibility index (Phi) is 6.15. The Balaban J connectivity index is 1.45. The molecular formula is C26H30N2O5. The fourth-order valence-corrected chi connectivity index (χ4v) is 4.53. The lowest BCUT2D eigenvalue weighted by molar-refractivity contribution is -0.149. The zero-order chi connectivity index (χ0) is 23.8. The van der Waals surface area contributed by atoms with Crippen molar-refractivity contribution in [2.45, 2.75) is 51.1 Å². The van der Waals surface area contributed by atoms with Gasteiger partial charge >= 0.3 is 12.1 Å². The number of amides is 2. The molecule has 174 valence electrons. The molecule has 2 aromatic carbocycles. The summed E-state index contributed by atoms with van der Waals surface area (Å²) in [6, 6.07) is 15.4. The first-order chi connectivity index (χ1) is 15.7. The average Bonchev–Trinajstić information content (AvgIpc) is 3.56. The van der Waals surface area contributed by atoms with Crippen LogP contribution in [-0.2, 0) is 14.3 Å². The number of alkyl carbamates (subject to hydrolysis) is 1. The van der Waals surface area contributed by atoms with Gasteiger partial charge in [-0.3, -0.25) is 9.59 Å². The van der Waals surface area contributed by atoms with E-state index < -0.39 is 30.2 Å². The molecule has 0 heterocycles. The molecule has 1 fully saturated rings. The van der Waals surface area contributed by atoms with Gasteiger partial charge in [-0.05, 0) is 61.8 Å². The molecule has 0 aliphatic heterocycles. The highest BCUT2D eigenvalue weighted by Gasteiger charge is 2.42. The smallest absolute Gasteiger partial charge is 0.407 e. The number of nitrogens with one attached hydrogen (secondary N) is 1. The third-order valence-corrected chi connectivity index (χ3v) is 6.35. The van der Waals surface area contributed by atoms with Gasteiger partial charge in [-0.1, -0.05) is 48.5 Å². The predicted octanol–water partition coefficient (Wildman–Crippen LogP) is 4.02. The van der Waals surface area contributed by atoms with E-state index in [0.717, 1.165) is 35.1 Å². The molecule has 1 atom stereocenters. The van der Waals surface area contributed by atoms with Gasteiger partial charge in [0, 0.05) is 11.5 Å². The normalized spacial score (nSPS) is 15.8. The van der Waals surface area contributed by atoms with Crippen molar-refractivity contribution in [3.63, 3.8) is 0 Å². The van der Waals surface area contributed by atoms with Crippen molar-refractivity contribution in [2.24, 2.45) is 5.92 Å². The largest absolute Gasteiger partial charge is 0.480 e. The van der Waals surface area contributed by atoms with Crippen LogP contribution in [0.5, 0.6) is 0 Å². The first-order valence-electron chi connectivity index (χ1n) is 11.3. The number of benzene rings is 2. The Morgan fingerprint density at radius 1 is 1.03 bits per heavy atom. The molecule has 2 amide bonds. The molecular weight excluding hydrogens is 420 g/mol. The van der Waals surface area contributed by atoms with Crippen LogP contribution in [0.4, 0.5) is 4.79 Å². The fraction of sp³-hybridized carbons (Fsp3) is 0.423. The van der Waals surface area contributed by atoms with Crippen molar-refractivity contribution in [3.8, 4) is 11.1 Å². The van der Waals surface area contributed by atoms with E-state index in [9.17, 15) is 19.5 Å². The average molecular weight is 451 g/mol. The predicted molar refractivity (Wildman–Crippen MR) is 124 cm³/mol. The minimum atomic E-state index is -1.09. The van der Waals surface area contributed by atoms with Gasteiger partial charge in [0.05, 0.1) is 0 Å². The van der Waals surface area contributed by atoms with Crippen LogP contribution >= 0.6 is 0 Å². The van der Waals surface area contributed by atoms with E-state index in [-0.39, 0.29) is 24.3 Å². The molecule has 0 bridgehead atoms. The fourth-order valence-electron chi connectivity index (χ4n) is 4.53. The van der Waals surface area contributed by atoms with Crippen LogP contribution in [-0.4, -0.2) is 52.7 Å². The van der Waals surface area contributed by atoms with Gasteiger partial charge in [0.1, 0.15) is 19.2 Å². The van der Waals surface area contributed by atoms with Crippen LogP contribution in [0.25, 0.3) is 11.1 Å².